The Morgan fingerprint density at radius 2 is 2.21 bits per heavy atom. The third-order valence-electron chi connectivity index (χ3n) is 3.28. The number of rotatable bonds is 4. The summed E-state index contributed by atoms with van der Waals surface area (Å²) in [7, 11) is 1.90. The van der Waals surface area contributed by atoms with Gasteiger partial charge in [-0.3, -0.25) is 4.68 Å². The van der Waals surface area contributed by atoms with Crippen molar-refractivity contribution in [1.29, 1.82) is 0 Å². The van der Waals surface area contributed by atoms with Gasteiger partial charge in [0.25, 0.3) is 0 Å². The molecule has 2 aromatic heterocycles. The van der Waals surface area contributed by atoms with E-state index in [9.17, 15) is 0 Å². The van der Waals surface area contributed by atoms with Crippen molar-refractivity contribution in [2.45, 2.75) is 13.0 Å². The first kappa shape index (κ1) is 11.9. The SMILES string of the molecule is CCNC(c1coc2ccccc12)c1cnnn1C. The summed E-state index contributed by atoms with van der Waals surface area (Å²) in [6, 6.07) is 8.08. The molecule has 0 aliphatic heterocycles. The topological polar surface area (TPSA) is 55.9 Å². The molecule has 0 radical (unpaired) electrons. The summed E-state index contributed by atoms with van der Waals surface area (Å²) in [5.41, 5.74) is 3.03. The van der Waals surface area contributed by atoms with Crippen molar-refractivity contribution < 1.29 is 4.42 Å². The predicted molar refractivity (Wildman–Crippen MR) is 72.7 cm³/mol. The zero-order chi connectivity index (χ0) is 13.2. The fraction of sp³-hybridized carbons (Fsp3) is 0.286. The molecular weight excluding hydrogens is 240 g/mol. The van der Waals surface area contributed by atoms with Crippen molar-refractivity contribution >= 4 is 11.0 Å². The zero-order valence-corrected chi connectivity index (χ0v) is 11.0. The highest BCUT2D eigenvalue weighted by molar-refractivity contribution is 5.81. The molecule has 5 nitrogen and oxygen atoms in total. The molecular formula is C14H16N4O. The van der Waals surface area contributed by atoms with Crippen LogP contribution in [0.1, 0.15) is 24.2 Å². The first-order valence-corrected chi connectivity index (χ1v) is 6.35. The van der Waals surface area contributed by atoms with Crippen LogP contribution >= 0.6 is 0 Å². The van der Waals surface area contributed by atoms with Crippen LogP contribution in [0.4, 0.5) is 0 Å². The number of furan rings is 1. The Morgan fingerprint density at radius 3 is 2.95 bits per heavy atom. The van der Waals surface area contributed by atoms with Gasteiger partial charge in [-0.05, 0) is 12.6 Å². The number of hydrogen-bond acceptors (Lipinski definition) is 4. The van der Waals surface area contributed by atoms with Crippen LogP contribution in [0.5, 0.6) is 0 Å². The third kappa shape index (κ3) is 2.02. The Labute approximate surface area is 111 Å². The summed E-state index contributed by atoms with van der Waals surface area (Å²) in [5, 5.41) is 12.5. The van der Waals surface area contributed by atoms with Crippen LogP contribution in [0.2, 0.25) is 0 Å². The van der Waals surface area contributed by atoms with Crippen molar-refractivity contribution in [1.82, 2.24) is 20.3 Å². The standard InChI is InChI=1S/C14H16N4O/c1-3-15-14(12-8-16-17-18(12)2)11-9-19-13-7-5-4-6-10(11)13/h4-9,14-15H,3H2,1-2H3. The van der Waals surface area contributed by atoms with Crippen LogP contribution in [0.3, 0.4) is 0 Å². The number of aromatic nitrogens is 3. The third-order valence-corrected chi connectivity index (χ3v) is 3.28. The first-order chi connectivity index (χ1) is 9.31. The fourth-order valence-corrected chi connectivity index (χ4v) is 2.36. The lowest BCUT2D eigenvalue weighted by molar-refractivity contribution is 0.553. The summed E-state index contributed by atoms with van der Waals surface area (Å²) in [6.07, 6.45) is 3.60. The largest absolute Gasteiger partial charge is 0.464 e. The van der Waals surface area contributed by atoms with Gasteiger partial charge in [0, 0.05) is 18.0 Å². The van der Waals surface area contributed by atoms with E-state index < -0.39 is 0 Å². The van der Waals surface area contributed by atoms with Crippen LogP contribution in [-0.2, 0) is 7.05 Å². The highest BCUT2D eigenvalue weighted by Gasteiger charge is 2.21. The molecule has 98 valence electrons. The van der Waals surface area contributed by atoms with Crippen LogP contribution in [0, 0.1) is 0 Å². The molecule has 19 heavy (non-hydrogen) atoms. The minimum atomic E-state index is 0.0358. The second-order valence-electron chi connectivity index (χ2n) is 4.46. The minimum Gasteiger partial charge on any atom is -0.464 e. The average molecular weight is 256 g/mol. The molecule has 1 unspecified atom stereocenters. The van der Waals surface area contributed by atoms with Gasteiger partial charge in [-0.2, -0.15) is 0 Å². The lowest BCUT2D eigenvalue weighted by atomic mass is 10.0. The van der Waals surface area contributed by atoms with Crippen molar-refractivity contribution in [3.8, 4) is 0 Å². The molecule has 3 rings (SSSR count). The number of para-hydroxylation sites is 1. The highest BCUT2D eigenvalue weighted by Crippen LogP contribution is 2.29. The summed E-state index contributed by atoms with van der Waals surface area (Å²) >= 11 is 0. The summed E-state index contributed by atoms with van der Waals surface area (Å²) in [5.74, 6) is 0. The van der Waals surface area contributed by atoms with Gasteiger partial charge in [0.1, 0.15) is 5.58 Å². The number of nitrogens with zero attached hydrogens (tertiary/aromatic N) is 3. The van der Waals surface area contributed by atoms with E-state index >= 15 is 0 Å². The predicted octanol–water partition coefficient (Wildman–Crippen LogP) is 2.26. The van der Waals surface area contributed by atoms with E-state index in [1.807, 2.05) is 31.5 Å². The normalized spacial score (nSPS) is 12.9. The van der Waals surface area contributed by atoms with Crippen molar-refractivity contribution in [3.05, 3.63) is 48.0 Å². The van der Waals surface area contributed by atoms with Crippen LogP contribution in [0.15, 0.2) is 41.1 Å². The Kier molecular flexibility index (Phi) is 3.05. The summed E-state index contributed by atoms with van der Waals surface area (Å²) < 4.78 is 7.41. The fourth-order valence-electron chi connectivity index (χ4n) is 2.36. The summed E-state index contributed by atoms with van der Waals surface area (Å²) in [6.45, 7) is 2.94. The molecule has 0 saturated heterocycles. The number of benzene rings is 1. The van der Waals surface area contributed by atoms with Gasteiger partial charge in [-0.1, -0.05) is 30.3 Å². The van der Waals surface area contributed by atoms with Gasteiger partial charge in [0.2, 0.25) is 0 Å². The van der Waals surface area contributed by atoms with Crippen LogP contribution in [-0.4, -0.2) is 21.5 Å². The van der Waals surface area contributed by atoms with Crippen molar-refractivity contribution in [2.75, 3.05) is 6.54 Å². The molecule has 1 N–H and O–H groups in total. The average Bonchev–Trinajstić information content (AvgIpc) is 3.03. The van der Waals surface area contributed by atoms with Crippen LogP contribution < -0.4 is 5.32 Å². The molecule has 1 aromatic carbocycles. The monoisotopic (exact) mass is 256 g/mol. The van der Waals surface area contributed by atoms with E-state index in [4.69, 9.17) is 4.42 Å². The Morgan fingerprint density at radius 1 is 1.37 bits per heavy atom. The van der Waals surface area contributed by atoms with E-state index in [1.165, 1.54) is 0 Å². The molecule has 5 heteroatoms. The van der Waals surface area contributed by atoms with Gasteiger partial charge in [-0.15, -0.1) is 5.10 Å². The Balaban J connectivity index is 2.12. The number of hydrogen-bond donors (Lipinski definition) is 1. The molecule has 0 fully saturated rings. The number of fused-ring (bicyclic) bond motifs is 1. The minimum absolute atomic E-state index is 0.0358. The molecule has 0 spiro atoms. The Bertz CT molecular complexity index is 685. The smallest absolute Gasteiger partial charge is 0.134 e. The van der Waals surface area contributed by atoms with Gasteiger partial charge < -0.3 is 9.73 Å². The quantitative estimate of drug-likeness (QED) is 0.778. The maximum atomic E-state index is 5.62. The lowest BCUT2D eigenvalue weighted by Gasteiger charge is -2.16. The lowest BCUT2D eigenvalue weighted by Crippen LogP contribution is -2.24. The molecule has 0 bridgehead atoms. The Hall–Kier alpha value is -2.14. The van der Waals surface area contributed by atoms with E-state index in [0.717, 1.165) is 28.8 Å². The molecule has 1 atom stereocenters. The molecule has 0 saturated carbocycles. The van der Waals surface area contributed by atoms with Crippen molar-refractivity contribution in [2.24, 2.45) is 7.05 Å². The molecule has 0 aliphatic rings. The van der Waals surface area contributed by atoms with Gasteiger partial charge in [-0.25, -0.2) is 0 Å². The van der Waals surface area contributed by atoms with Crippen LogP contribution in [0.25, 0.3) is 11.0 Å². The van der Waals surface area contributed by atoms with Gasteiger partial charge in [0.05, 0.1) is 24.2 Å². The maximum Gasteiger partial charge on any atom is 0.134 e. The second-order valence-corrected chi connectivity index (χ2v) is 4.46. The van der Waals surface area contributed by atoms with E-state index in [2.05, 4.69) is 28.6 Å². The molecule has 0 aliphatic carbocycles. The number of aryl methyl sites for hydroxylation is 1. The van der Waals surface area contributed by atoms with Gasteiger partial charge >= 0.3 is 0 Å². The maximum absolute atomic E-state index is 5.62. The molecule has 2 heterocycles. The van der Waals surface area contributed by atoms with Crippen molar-refractivity contribution in [3.63, 3.8) is 0 Å². The van der Waals surface area contributed by atoms with E-state index in [1.54, 1.807) is 10.9 Å². The number of nitrogens with one attached hydrogen (secondary N) is 1. The molecule has 3 aromatic rings. The second kappa shape index (κ2) is 4.85. The highest BCUT2D eigenvalue weighted by atomic mass is 16.3. The van der Waals surface area contributed by atoms with E-state index in [-0.39, 0.29) is 6.04 Å². The zero-order valence-electron chi connectivity index (χ0n) is 11.0. The molecule has 0 amide bonds. The van der Waals surface area contributed by atoms with Gasteiger partial charge in [0.15, 0.2) is 0 Å². The summed E-state index contributed by atoms with van der Waals surface area (Å²) in [4.78, 5) is 0. The first-order valence-electron chi connectivity index (χ1n) is 6.35. The van der Waals surface area contributed by atoms with E-state index in [0.29, 0.717) is 0 Å².